The number of aliphatic imine (C=N–C) groups is 1. The highest BCUT2D eigenvalue weighted by molar-refractivity contribution is 5.81. The summed E-state index contributed by atoms with van der Waals surface area (Å²) in [5.41, 5.74) is 5.75. The lowest BCUT2D eigenvalue weighted by molar-refractivity contribution is 0.634. The van der Waals surface area contributed by atoms with E-state index in [0.29, 0.717) is 6.54 Å². The van der Waals surface area contributed by atoms with E-state index >= 15 is 0 Å². The quantitative estimate of drug-likeness (QED) is 0.535. The fraction of sp³-hybridized carbons (Fsp3) is 0.292. The highest BCUT2D eigenvalue weighted by Crippen LogP contribution is 2.15. The van der Waals surface area contributed by atoms with E-state index in [2.05, 4.69) is 98.0 Å². The molecule has 0 bridgehead atoms. The summed E-state index contributed by atoms with van der Waals surface area (Å²) in [5, 5.41) is 3.29. The van der Waals surface area contributed by atoms with E-state index in [1.807, 2.05) is 0 Å². The number of aryl methyl sites for hydroxylation is 1. The van der Waals surface area contributed by atoms with Gasteiger partial charge in [-0.15, -0.1) is 0 Å². The van der Waals surface area contributed by atoms with Crippen molar-refractivity contribution in [2.45, 2.75) is 39.7 Å². The van der Waals surface area contributed by atoms with Gasteiger partial charge < -0.3 is 5.32 Å². The SMILES string of the molecule is C=CNC(CN=C(C)CC)c1ccc(C#Cc2ccc(CC)cc2)cc1. The predicted molar refractivity (Wildman–Crippen MR) is 113 cm³/mol. The Hall–Kier alpha value is -2.79. The van der Waals surface area contributed by atoms with Crippen LogP contribution in [0.25, 0.3) is 0 Å². The second-order valence-corrected chi connectivity index (χ2v) is 6.28. The van der Waals surface area contributed by atoms with Crippen LogP contribution in [0.15, 0.2) is 66.3 Å². The monoisotopic (exact) mass is 344 g/mol. The molecule has 0 spiro atoms. The minimum absolute atomic E-state index is 0.137. The second kappa shape index (κ2) is 10.3. The highest BCUT2D eigenvalue weighted by Gasteiger charge is 2.08. The van der Waals surface area contributed by atoms with Gasteiger partial charge >= 0.3 is 0 Å². The van der Waals surface area contributed by atoms with Gasteiger partial charge in [-0.1, -0.05) is 56.5 Å². The van der Waals surface area contributed by atoms with E-state index in [0.717, 1.165) is 29.7 Å². The average Bonchev–Trinajstić information content (AvgIpc) is 2.70. The molecule has 26 heavy (non-hydrogen) atoms. The molecule has 0 saturated heterocycles. The molecule has 0 fully saturated rings. The van der Waals surface area contributed by atoms with Gasteiger partial charge in [0.15, 0.2) is 0 Å². The Labute approximate surface area is 158 Å². The van der Waals surface area contributed by atoms with Crippen LogP contribution in [0.5, 0.6) is 0 Å². The minimum atomic E-state index is 0.137. The molecule has 2 rings (SSSR count). The third-order valence-corrected chi connectivity index (χ3v) is 4.40. The van der Waals surface area contributed by atoms with Crippen LogP contribution in [0, 0.1) is 11.8 Å². The summed E-state index contributed by atoms with van der Waals surface area (Å²) >= 11 is 0. The van der Waals surface area contributed by atoms with Crippen LogP contribution < -0.4 is 5.32 Å². The van der Waals surface area contributed by atoms with Crippen molar-refractivity contribution in [1.82, 2.24) is 5.32 Å². The molecular weight excluding hydrogens is 316 g/mol. The molecule has 0 amide bonds. The van der Waals surface area contributed by atoms with Crippen molar-refractivity contribution >= 4 is 5.71 Å². The molecule has 2 aromatic carbocycles. The lowest BCUT2D eigenvalue weighted by atomic mass is 10.0. The van der Waals surface area contributed by atoms with E-state index in [1.165, 1.54) is 11.1 Å². The Kier molecular flexibility index (Phi) is 7.71. The third-order valence-electron chi connectivity index (χ3n) is 4.40. The van der Waals surface area contributed by atoms with Gasteiger partial charge in [0.1, 0.15) is 0 Å². The maximum atomic E-state index is 4.63. The first-order valence-corrected chi connectivity index (χ1v) is 9.24. The molecule has 2 nitrogen and oxygen atoms in total. The maximum Gasteiger partial charge on any atom is 0.0703 e. The van der Waals surface area contributed by atoms with Gasteiger partial charge in [-0.05, 0) is 61.4 Å². The fourth-order valence-corrected chi connectivity index (χ4v) is 2.52. The topological polar surface area (TPSA) is 24.4 Å². The lowest BCUT2D eigenvalue weighted by Gasteiger charge is -2.16. The Morgan fingerprint density at radius 2 is 1.62 bits per heavy atom. The van der Waals surface area contributed by atoms with Crippen LogP contribution in [0.4, 0.5) is 0 Å². The number of hydrogen-bond donors (Lipinski definition) is 1. The Morgan fingerprint density at radius 3 is 2.12 bits per heavy atom. The molecule has 1 atom stereocenters. The maximum absolute atomic E-state index is 4.63. The van der Waals surface area contributed by atoms with E-state index in [9.17, 15) is 0 Å². The van der Waals surface area contributed by atoms with E-state index < -0.39 is 0 Å². The van der Waals surface area contributed by atoms with Crippen LogP contribution in [0.2, 0.25) is 0 Å². The third kappa shape index (κ3) is 5.93. The minimum Gasteiger partial charge on any atom is -0.383 e. The molecule has 0 aliphatic heterocycles. The van der Waals surface area contributed by atoms with Gasteiger partial charge in [-0.3, -0.25) is 4.99 Å². The summed E-state index contributed by atoms with van der Waals surface area (Å²) in [6.07, 6.45) is 3.76. The van der Waals surface area contributed by atoms with Gasteiger partial charge in [-0.25, -0.2) is 0 Å². The smallest absolute Gasteiger partial charge is 0.0703 e. The fourth-order valence-electron chi connectivity index (χ4n) is 2.52. The average molecular weight is 345 g/mol. The molecule has 1 N–H and O–H groups in total. The van der Waals surface area contributed by atoms with Crippen LogP contribution in [-0.4, -0.2) is 12.3 Å². The molecule has 134 valence electrons. The summed E-state index contributed by atoms with van der Waals surface area (Å²) in [6, 6.07) is 16.9. The van der Waals surface area contributed by atoms with E-state index in [4.69, 9.17) is 0 Å². The van der Waals surface area contributed by atoms with Crippen LogP contribution in [0.3, 0.4) is 0 Å². The number of nitrogens with one attached hydrogen (secondary N) is 1. The Morgan fingerprint density at radius 1 is 1.04 bits per heavy atom. The summed E-state index contributed by atoms with van der Waals surface area (Å²) in [4.78, 5) is 4.63. The van der Waals surface area contributed by atoms with Crippen molar-refractivity contribution < 1.29 is 0 Å². The van der Waals surface area contributed by atoms with Gasteiger partial charge in [0.05, 0.1) is 12.6 Å². The summed E-state index contributed by atoms with van der Waals surface area (Å²) in [6.45, 7) is 10.8. The standard InChI is InChI=1S/C24H28N2/c1-5-19(4)26-18-24(25-7-3)23-16-14-22(15-17-23)13-12-21-10-8-20(6-2)9-11-21/h7-11,14-17,24-25H,3,5-6,18H2,1-2,4H3. The van der Waals surface area contributed by atoms with Crippen molar-refractivity contribution in [2.75, 3.05) is 6.54 Å². The highest BCUT2D eigenvalue weighted by atomic mass is 14.9. The number of nitrogens with zero attached hydrogens (tertiary/aromatic N) is 1. The molecule has 0 aromatic heterocycles. The molecule has 0 saturated carbocycles. The first-order chi connectivity index (χ1) is 12.7. The van der Waals surface area contributed by atoms with Crippen molar-refractivity contribution in [2.24, 2.45) is 4.99 Å². The molecular formula is C24H28N2. The zero-order valence-corrected chi connectivity index (χ0v) is 16.0. The normalized spacial score (nSPS) is 12.0. The molecule has 0 aliphatic carbocycles. The van der Waals surface area contributed by atoms with Crippen LogP contribution >= 0.6 is 0 Å². The van der Waals surface area contributed by atoms with Gasteiger partial charge in [0.2, 0.25) is 0 Å². The lowest BCUT2D eigenvalue weighted by Crippen LogP contribution is -2.18. The summed E-state index contributed by atoms with van der Waals surface area (Å²) in [7, 11) is 0. The van der Waals surface area contributed by atoms with E-state index in [-0.39, 0.29) is 6.04 Å². The summed E-state index contributed by atoms with van der Waals surface area (Å²) in [5.74, 6) is 6.47. The van der Waals surface area contributed by atoms with Crippen molar-refractivity contribution in [3.63, 3.8) is 0 Å². The molecule has 0 heterocycles. The first kappa shape index (κ1) is 19.5. The van der Waals surface area contributed by atoms with Crippen LogP contribution in [0.1, 0.15) is 55.5 Å². The van der Waals surface area contributed by atoms with Gasteiger partial charge in [0.25, 0.3) is 0 Å². The number of benzene rings is 2. The van der Waals surface area contributed by atoms with Gasteiger partial charge in [-0.2, -0.15) is 0 Å². The largest absolute Gasteiger partial charge is 0.383 e. The number of hydrogen-bond acceptors (Lipinski definition) is 2. The molecule has 2 heteroatoms. The first-order valence-electron chi connectivity index (χ1n) is 9.24. The molecule has 1 unspecified atom stereocenters. The number of rotatable bonds is 7. The Balaban J connectivity index is 2.10. The van der Waals surface area contributed by atoms with Crippen LogP contribution in [-0.2, 0) is 6.42 Å². The van der Waals surface area contributed by atoms with E-state index in [1.54, 1.807) is 6.20 Å². The summed E-state index contributed by atoms with van der Waals surface area (Å²) < 4.78 is 0. The predicted octanol–water partition coefficient (Wildman–Crippen LogP) is 5.29. The van der Waals surface area contributed by atoms with Crippen molar-refractivity contribution in [3.05, 3.63) is 83.6 Å². The van der Waals surface area contributed by atoms with Crippen molar-refractivity contribution in [1.29, 1.82) is 0 Å². The zero-order valence-electron chi connectivity index (χ0n) is 16.0. The second-order valence-electron chi connectivity index (χ2n) is 6.28. The Bertz CT molecular complexity index is 787. The molecule has 0 aliphatic rings. The molecule has 2 aromatic rings. The van der Waals surface area contributed by atoms with Gasteiger partial charge in [0, 0.05) is 16.8 Å². The zero-order chi connectivity index (χ0) is 18.8. The van der Waals surface area contributed by atoms with Crippen molar-refractivity contribution in [3.8, 4) is 11.8 Å². The molecule has 0 radical (unpaired) electrons.